The first-order valence-electron chi connectivity index (χ1n) is 19.0. The first kappa shape index (κ1) is 42.5. The lowest BCUT2D eigenvalue weighted by atomic mass is 9.60. The van der Waals surface area contributed by atoms with E-state index in [2.05, 4.69) is 41.7 Å². The Kier molecular flexibility index (Phi) is 15.4. The molecular weight excluding hydrogens is 708 g/mol. The molecule has 55 heavy (non-hydrogen) atoms. The maximum atomic E-state index is 12.9. The molecule has 0 aliphatic heterocycles. The standard InChI is InChI=1S/C41H56N4O10/c1-8-51-37(47)42-30-15-9-27(5)35(23-30)45-40(50)55-33-19-13-29(14-20-33)41(6,7)28-11-17-32(18-12-28)54-39(49)43-31-16-10-26(4)34(24-31)44-38(48)53-22-21-52-36(46)25(2)3/h9-10,15-16,23-24,28-29,32-33H,2,8,11-14,17-22H2,1,3-7H3,(H,42,47)(H,43,49)(H,44,48)(H,45,50). The Bertz CT molecular complexity index is 1690. The molecule has 2 fully saturated rings. The van der Waals surface area contributed by atoms with Gasteiger partial charge >= 0.3 is 30.3 Å². The quantitative estimate of drug-likeness (QED) is 0.0664. The Hall–Kier alpha value is -5.27. The van der Waals surface area contributed by atoms with Crippen LogP contribution in [-0.4, -0.2) is 62.4 Å². The van der Waals surface area contributed by atoms with Gasteiger partial charge in [0.15, 0.2) is 0 Å². The molecule has 2 saturated carbocycles. The fourth-order valence-corrected chi connectivity index (χ4v) is 7.26. The maximum Gasteiger partial charge on any atom is 0.411 e. The van der Waals surface area contributed by atoms with Gasteiger partial charge in [0, 0.05) is 28.3 Å². The highest BCUT2D eigenvalue weighted by atomic mass is 16.6. The molecule has 300 valence electrons. The zero-order valence-electron chi connectivity index (χ0n) is 32.8. The summed E-state index contributed by atoms with van der Waals surface area (Å²) in [5, 5.41) is 10.9. The van der Waals surface area contributed by atoms with Crippen molar-refractivity contribution in [2.75, 3.05) is 41.1 Å². The highest BCUT2D eigenvalue weighted by Gasteiger charge is 2.41. The van der Waals surface area contributed by atoms with Crippen LogP contribution in [0.2, 0.25) is 0 Å². The fourth-order valence-electron chi connectivity index (χ4n) is 7.26. The first-order valence-corrected chi connectivity index (χ1v) is 19.0. The van der Waals surface area contributed by atoms with Crippen molar-refractivity contribution in [1.29, 1.82) is 0 Å². The second kappa shape index (κ2) is 19.9. The van der Waals surface area contributed by atoms with Gasteiger partial charge in [-0.05, 0) is 132 Å². The minimum absolute atomic E-state index is 0.0749. The number of carbonyl (C=O) groups excluding carboxylic acids is 5. The molecule has 2 aromatic rings. The van der Waals surface area contributed by atoms with Gasteiger partial charge < -0.3 is 23.7 Å². The molecule has 2 aromatic carbocycles. The third kappa shape index (κ3) is 12.9. The van der Waals surface area contributed by atoms with Crippen molar-refractivity contribution in [3.05, 3.63) is 59.7 Å². The van der Waals surface area contributed by atoms with Crippen molar-refractivity contribution < 1.29 is 47.7 Å². The zero-order valence-corrected chi connectivity index (χ0v) is 32.8. The molecule has 4 N–H and O–H groups in total. The second-order valence-corrected chi connectivity index (χ2v) is 14.9. The Morgan fingerprint density at radius 1 is 0.636 bits per heavy atom. The molecular formula is C41H56N4O10. The smallest absolute Gasteiger partial charge is 0.411 e. The van der Waals surface area contributed by atoms with Crippen molar-refractivity contribution in [1.82, 2.24) is 0 Å². The molecule has 0 radical (unpaired) electrons. The maximum absolute atomic E-state index is 12.9. The molecule has 14 heteroatoms. The van der Waals surface area contributed by atoms with Crippen molar-refractivity contribution >= 4 is 53.1 Å². The largest absolute Gasteiger partial charge is 0.459 e. The van der Waals surface area contributed by atoms with Crippen LogP contribution in [-0.2, 0) is 28.5 Å². The number of amides is 4. The third-order valence-corrected chi connectivity index (χ3v) is 10.6. The van der Waals surface area contributed by atoms with E-state index in [1.165, 1.54) is 6.92 Å². The molecule has 0 saturated heterocycles. The molecule has 4 amide bonds. The number of hydrogen-bond acceptors (Lipinski definition) is 10. The highest BCUT2D eigenvalue weighted by molar-refractivity contribution is 5.91. The van der Waals surface area contributed by atoms with Gasteiger partial charge in [0.05, 0.1) is 6.61 Å². The molecule has 4 rings (SSSR count). The number of esters is 1. The van der Waals surface area contributed by atoms with E-state index in [9.17, 15) is 24.0 Å². The van der Waals surface area contributed by atoms with Gasteiger partial charge in [0.1, 0.15) is 25.4 Å². The van der Waals surface area contributed by atoms with Gasteiger partial charge in [0.25, 0.3) is 0 Å². The minimum Gasteiger partial charge on any atom is -0.459 e. The molecule has 0 spiro atoms. The molecule has 2 aliphatic carbocycles. The first-order chi connectivity index (χ1) is 26.1. The average Bonchev–Trinajstić information content (AvgIpc) is 3.13. The number of ether oxygens (including phenoxy) is 5. The second-order valence-electron chi connectivity index (χ2n) is 14.9. The third-order valence-electron chi connectivity index (χ3n) is 10.6. The summed E-state index contributed by atoms with van der Waals surface area (Å²) in [6, 6.07) is 10.3. The van der Waals surface area contributed by atoms with E-state index in [4.69, 9.17) is 23.7 Å². The van der Waals surface area contributed by atoms with Crippen LogP contribution in [0.4, 0.5) is 41.9 Å². The van der Waals surface area contributed by atoms with Crippen molar-refractivity contribution in [3.8, 4) is 0 Å². The van der Waals surface area contributed by atoms with Crippen LogP contribution in [0.3, 0.4) is 0 Å². The van der Waals surface area contributed by atoms with Crippen molar-refractivity contribution in [3.63, 3.8) is 0 Å². The van der Waals surface area contributed by atoms with Crippen molar-refractivity contribution in [2.24, 2.45) is 17.3 Å². The van der Waals surface area contributed by atoms with Gasteiger partial charge in [-0.2, -0.15) is 0 Å². The lowest BCUT2D eigenvalue weighted by molar-refractivity contribution is -0.139. The van der Waals surface area contributed by atoms with Gasteiger partial charge in [0.2, 0.25) is 0 Å². The monoisotopic (exact) mass is 764 g/mol. The molecule has 0 aromatic heterocycles. The van der Waals surface area contributed by atoms with Crippen LogP contribution >= 0.6 is 0 Å². The molecule has 0 bridgehead atoms. The summed E-state index contributed by atoms with van der Waals surface area (Å²) in [5.74, 6) is 0.398. The average molecular weight is 765 g/mol. The lowest BCUT2D eigenvalue weighted by Crippen LogP contribution is -2.40. The number of hydrogen-bond donors (Lipinski definition) is 4. The van der Waals surface area contributed by atoms with Gasteiger partial charge in [-0.15, -0.1) is 0 Å². The van der Waals surface area contributed by atoms with E-state index >= 15 is 0 Å². The van der Waals surface area contributed by atoms with Gasteiger partial charge in [-0.3, -0.25) is 21.3 Å². The zero-order chi connectivity index (χ0) is 40.1. The molecule has 0 heterocycles. The predicted octanol–water partition coefficient (Wildman–Crippen LogP) is 9.48. The van der Waals surface area contributed by atoms with E-state index in [1.54, 1.807) is 43.3 Å². The summed E-state index contributed by atoms with van der Waals surface area (Å²) >= 11 is 0. The van der Waals surface area contributed by atoms with Crippen LogP contribution in [0.5, 0.6) is 0 Å². The SMILES string of the molecule is C=C(C)C(=O)OCCOC(=O)Nc1cc(NC(=O)OC2CCC(C(C)(C)C3CCC(OC(=O)Nc4cc(NC(=O)OCC)ccc4C)CC3)CC2)ccc1C. The number of carbonyl (C=O) groups is 5. The summed E-state index contributed by atoms with van der Waals surface area (Å²) < 4.78 is 26.5. The van der Waals surface area contributed by atoms with Gasteiger partial charge in [-0.1, -0.05) is 32.6 Å². The Morgan fingerprint density at radius 3 is 1.53 bits per heavy atom. The number of benzene rings is 2. The van der Waals surface area contributed by atoms with E-state index in [1.807, 2.05) is 13.8 Å². The Morgan fingerprint density at radius 2 is 1.05 bits per heavy atom. The van der Waals surface area contributed by atoms with Crippen LogP contribution in [0.25, 0.3) is 0 Å². The van der Waals surface area contributed by atoms with Crippen LogP contribution in [0.15, 0.2) is 48.6 Å². The summed E-state index contributed by atoms with van der Waals surface area (Å²) in [6.45, 7) is 15.1. The molecule has 0 unspecified atom stereocenters. The Balaban J connectivity index is 1.17. The molecule has 2 aliphatic rings. The highest BCUT2D eigenvalue weighted by Crippen LogP contribution is 2.49. The topological polar surface area (TPSA) is 180 Å². The summed E-state index contributed by atoms with van der Waals surface area (Å²) in [4.78, 5) is 61.2. The minimum atomic E-state index is -0.723. The van der Waals surface area contributed by atoms with Crippen LogP contribution in [0.1, 0.15) is 90.2 Å². The lowest BCUT2D eigenvalue weighted by Gasteiger charge is -2.46. The fraction of sp³-hybridized carbons (Fsp3) is 0.537. The Labute approximate surface area is 323 Å². The van der Waals surface area contributed by atoms with Crippen LogP contribution < -0.4 is 21.3 Å². The normalized spacial score (nSPS) is 19.5. The van der Waals surface area contributed by atoms with Gasteiger partial charge in [-0.25, -0.2) is 24.0 Å². The van der Waals surface area contributed by atoms with E-state index in [-0.39, 0.29) is 43.0 Å². The predicted molar refractivity (Wildman–Crippen MR) is 209 cm³/mol. The van der Waals surface area contributed by atoms with Crippen LogP contribution in [0, 0.1) is 31.1 Å². The number of nitrogens with one attached hydrogen (secondary N) is 4. The molecule has 14 nitrogen and oxygen atoms in total. The number of anilines is 4. The molecule has 0 atom stereocenters. The summed E-state index contributed by atoms with van der Waals surface area (Å²) in [6.07, 6.45) is 4.18. The summed E-state index contributed by atoms with van der Waals surface area (Å²) in [7, 11) is 0. The number of rotatable bonds is 13. The van der Waals surface area contributed by atoms with E-state index in [0.717, 1.165) is 62.5 Å². The van der Waals surface area contributed by atoms with Crippen molar-refractivity contribution in [2.45, 2.75) is 105 Å². The number of aryl methyl sites for hydroxylation is 2. The van der Waals surface area contributed by atoms with E-state index < -0.39 is 30.3 Å². The van der Waals surface area contributed by atoms with E-state index in [0.29, 0.717) is 34.6 Å². The summed E-state index contributed by atoms with van der Waals surface area (Å²) in [5.41, 5.74) is 3.91.